The van der Waals surface area contributed by atoms with E-state index in [1.807, 2.05) is 13.8 Å². The molecule has 0 saturated heterocycles. The fourth-order valence-corrected chi connectivity index (χ4v) is 2.31. The maximum Gasteiger partial charge on any atom is 0.328 e. The van der Waals surface area contributed by atoms with Crippen LogP contribution in [0, 0.1) is 0 Å². The predicted octanol–water partition coefficient (Wildman–Crippen LogP) is 1.47. The van der Waals surface area contributed by atoms with E-state index in [4.69, 9.17) is 20.3 Å². The summed E-state index contributed by atoms with van der Waals surface area (Å²) in [6, 6.07) is -1.92. The number of carboxylic acid groups (broad SMARTS) is 1. The van der Waals surface area contributed by atoms with E-state index in [2.05, 4.69) is 0 Å². The maximum atomic E-state index is 12.4. The summed E-state index contributed by atoms with van der Waals surface area (Å²) in [5, 5.41) is 8.88. The number of carbonyl (C=O) groups excluding carboxylic acids is 3. The van der Waals surface area contributed by atoms with E-state index < -0.39 is 35.9 Å². The van der Waals surface area contributed by atoms with E-state index in [0.717, 1.165) is 19.3 Å². The Labute approximate surface area is 166 Å². The van der Waals surface area contributed by atoms with Gasteiger partial charge in [0.1, 0.15) is 12.1 Å². The van der Waals surface area contributed by atoms with Crippen molar-refractivity contribution in [3.8, 4) is 0 Å². The zero-order valence-electron chi connectivity index (χ0n) is 17.1. The van der Waals surface area contributed by atoms with Crippen molar-refractivity contribution < 1.29 is 33.8 Å². The molecule has 9 nitrogen and oxygen atoms in total. The Morgan fingerprint density at radius 1 is 0.929 bits per heavy atom. The van der Waals surface area contributed by atoms with Crippen LogP contribution in [-0.2, 0) is 28.7 Å². The summed E-state index contributed by atoms with van der Waals surface area (Å²) in [6.45, 7) is 4.42. The van der Waals surface area contributed by atoms with Crippen LogP contribution in [0.4, 0.5) is 0 Å². The highest BCUT2D eigenvalue weighted by molar-refractivity contribution is 5.85. The van der Waals surface area contributed by atoms with Crippen molar-refractivity contribution >= 4 is 23.8 Å². The molecule has 162 valence electrons. The number of unbranched alkanes of at least 4 members (excludes halogenated alkanes) is 2. The molecule has 0 aromatic heterocycles. The molecule has 0 spiro atoms. The molecule has 0 aromatic rings. The zero-order valence-corrected chi connectivity index (χ0v) is 17.1. The van der Waals surface area contributed by atoms with Gasteiger partial charge in [-0.15, -0.1) is 0 Å². The highest BCUT2D eigenvalue weighted by atomic mass is 16.5. The van der Waals surface area contributed by atoms with Gasteiger partial charge in [-0.2, -0.15) is 0 Å². The van der Waals surface area contributed by atoms with Crippen LogP contribution >= 0.6 is 0 Å². The number of aliphatic carboxylic acids is 1. The largest absolute Gasteiger partial charge is 0.481 e. The first-order valence-electron chi connectivity index (χ1n) is 9.80. The second kappa shape index (κ2) is 14.8. The molecular weight excluding hydrogens is 368 g/mol. The van der Waals surface area contributed by atoms with E-state index >= 15 is 0 Å². The number of hydrogen-bond donors (Lipinski definition) is 2. The predicted molar refractivity (Wildman–Crippen MR) is 102 cm³/mol. The number of likely N-dealkylation sites (N-methyl/N-ethyl adjacent to an activating group) is 1. The van der Waals surface area contributed by atoms with E-state index in [-0.39, 0.29) is 38.9 Å². The molecule has 0 aliphatic heterocycles. The molecule has 1 amide bonds. The summed E-state index contributed by atoms with van der Waals surface area (Å²) in [5.41, 5.74) is 5.75. The number of carboxylic acids is 1. The number of hydrogen-bond acceptors (Lipinski definition) is 7. The van der Waals surface area contributed by atoms with Gasteiger partial charge in [0.25, 0.3) is 0 Å². The van der Waals surface area contributed by atoms with Crippen LogP contribution in [-0.4, -0.2) is 66.2 Å². The van der Waals surface area contributed by atoms with Gasteiger partial charge in [-0.25, -0.2) is 4.79 Å². The Hall–Kier alpha value is -2.16. The van der Waals surface area contributed by atoms with Crippen LogP contribution in [0.2, 0.25) is 0 Å². The lowest BCUT2D eigenvalue weighted by Gasteiger charge is -2.26. The molecule has 0 aliphatic carbocycles. The first kappa shape index (κ1) is 25.8. The van der Waals surface area contributed by atoms with Crippen LogP contribution in [0.1, 0.15) is 65.2 Å². The molecule has 2 atom stereocenters. The molecule has 0 fully saturated rings. The van der Waals surface area contributed by atoms with Gasteiger partial charge < -0.3 is 25.2 Å². The number of nitrogens with zero attached hydrogens (tertiary/aromatic N) is 1. The molecule has 0 rings (SSSR count). The van der Waals surface area contributed by atoms with Crippen LogP contribution in [0.25, 0.3) is 0 Å². The number of rotatable bonds is 15. The third kappa shape index (κ3) is 10.9. The van der Waals surface area contributed by atoms with Gasteiger partial charge in [0, 0.05) is 19.9 Å². The fraction of sp³-hybridized carbons (Fsp3) is 0.789. The lowest BCUT2D eigenvalue weighted by atomic mass is 10.1. The molecule has 0 aliphatic rings. The Balaban J connectivity index is 4.70. The highest BCUT2D eigenvalue weighted by Crippen LogP contribution is 2.12. The van der Waals surface area contributed by atoms with Crippen molar-refractivity contribution in [2.45, 2.75) is 77.3 Å². The number of esters is 2. The first-order chi connectivity index (χ1) is 13.2. The Morgan fingerprint density at radius 3 is 1.96 bits per heavy atom. The number of nitrogens with two attached hydrogens (primary N) is 1. The van der Waals surface area contributed by atoms with Crippen molar-refractivity contribution in [1.29, 1.82) is 0 Å². The van der Waals surface area contributed by atoms with Crippen molar-refractivity contribution in [2.24, 2.45) is 5.73 Å². The molecule has 0 radical (unpaired) electrons. The van der Waals surface area contributed by atoms with Gasteiger partial charge in [0.05, 0.1) is 13.2 Å². The summed E-state index contributed by atoms with van der Waals surface area (Å²) in [6.07, 6.45) is 2.85. The van der Waals surface area contributed by atoms with Crippen molar-refractivity contribution in [3.05, 3.63) is 0 Å². The molecule has 9 heteroatoms. The summed E-state index contributed by atoms with van der Waals surface area (Å²) in [7, 11) is 1.42. The quantitative estimate of drug-likeness (QED) is 0.310. The van der Waals surface area contributed by atoms with E-state index in [1.54, 1.807) is 0 Å². The lowest BCUT2D eigenvalue weighted by Crippen LogP contribution is -2.44. The standard InChI is InChI=1S/C19H34N2O7/c1-4-6-12-27-18(25)14(20)8-10-16(22)21(3)15(9-11-17(23)24)19(26)28-13-7-5-2/h14-15H,4-13,20H2,1-3H3,(H,23,24)/t14-,15+/m0/s1. The average Bonchev–Trinajstić information content (AvgIpc) is 2.65. The van der Waals surface area contributed by atoms with Crippen molar-refractivity contribution in [1.82, 2.24) is 4.90 Å². The summed E-state index contributed by atoms with van der Waals surface area (Å²) >= 11 is 0. The number of ether oxygens (including phenoxy) is 2. The Bertz CT molecular complexity index is 511. The minimum atomic E-state index is -1.07. The van der Waals surface area contributed by atoms with E-state index in [1.165, 1.54) is 11.9 Å². The smallest absolute Gasteiger partial charge is 0.328 e. The van der Waals surface area contributed by atoms with Crippen LogP contribution in [0.5, 0.6) is 0 Å². The topological polar surface area (TPSA) is 136 Å². The Morgan fingerprint density at radius 2 is 1.46 bits per heavy atom. The van der Waals surface area contributed by atoms with Gasteiger partial charge in [-0.3, -0.25) is 14.4 Å². The molecule has 3 N–H and O–H groups in total. The average molecular weight is 402 g/mol. The number of carbonyl (C=O) groups is 4. The van der Waals surface area contributed by atoms with Gasteiger partial charge in [-0.05, 0) is 25.7 Å². The molecule has 28 heavy (non-hydrogen) atoms. The minimum Gasteiger partial charge on any atom is -0.481 e. The fourth-order valence-electron chi connectivity index (χ4n) is 2.31. The molecule has 0 unspecified atom stereocenters. The summed E-state index contributed by atoms with van der Waals surface area (Å²) in [4.78, 5) is 48.5. The first-order valence-corrected chi connectivity index (χ1v) is 9.80. The second-order valence-electron chi connectivity index (χ2n) is 6.64. The second-order valence-corrected chi connectivity index (χ2v) is 6.64. The van der Waals surface area contributed by atoms with Gasteiger partial charge >= 0.3 is 17.9 Å². The molecule has 0 saturated carbocycles. The van der Waals surface area contributed by atoms with Gasteiger partial charge in [0.15, 0.2) is 0 Å². The van der Waals surface area contributed by atoms with Gasteiger partial charge in [0.2, 0.25) is 5.91 Å². The summed E-state index contributed by atoms with van der Waals surface area (Å²) < 4.78 is 10.2. The lowest BCUT2D eigenvalue weighted by molar-refractivity contribution is -0.155. The minimum absolute atomic E-state index is 0.0480. The zero-order chi connectivity index (χ0) is 21.5. The third-order valence-corrected chi connectivity index (χ3v) is 4.22. The summed E-state index contributed by atoms with van der Waals surface area (Å²) in [5.74, 6) is -2.68. The third-order valence-electron chi connectivity index (χ3n) is 4.22. The van der Waals surface area contributed by atoms with Crippen LogP contribution < -0.4 is 5.73 Å². The van der Waals surface area contributed by atoms with Crippen LogP contribution in [0.15, 0.2) is 0 Å². The van der Waals surface area contributed by atoms with E-state index in [0.29, 0.717) is 6.42 Å². The molecular formula is C19H34N2O7. The normalized spacial score (nSPS) is 12.7. The molecule has 0 aromatic carbocycles. The van der Waals surface area contributed by atoms with Gasteiger partial charge in [-0.1, -0.05) is 26.7 Å². The monoisotopic (exact) mass is 402 g/mol. The number of amides is 1. The highest BCUT2D eigenvalue weighted by Gasteiger charge is 2.29. The SMILES string of the molecule is CCCCOC(=O)[C@@H](CCC(=O)O)N(C)C(=O)CC[C@H](N)C(=O)OCCCC. The van der Waals surface area contributed by atoms with E-state index in [9.17, 15) is 19.2 Å². The van der Waals surface area contributed by atoms with Crippen molar-refractivity contribution in [2.75, 3.05) is 20.3 Å². The van der Waals surface area contributed by atoms with Crippen molar-refractivity contribution in [3.63, 3.8) is 0 Å². The molecule has 0 bridgehead atoms. The molecule has 0 heterocycles. The maximum absolute atomic E-state index is 12.4. The Kier molecular flexibility index (Phi) is 13.7. The van der Waals surface area contributed by atoms with Crippen LogP contribution in [0.3, 0.4) is 0 Å².